The maximum atomic E-state index is 12.3. The average Bonchev–Trinajstić information content (AvgIpc) is 2.95. The number of carbonyl (C=O) groups excluding carboxylic acids is 1. The van der Waals surface area contributed by atoms with Crippen molar-refractivity contribution in [2.75, 3.05) is 51.1 Å². The molecule has 9 nitrogen and oxygen atoms in total. The molecule has 3 N–H and O–H groups in total. The fourth-order valence-corrected chi connectivity index (χ4v) is 5.30. The number of hydrogen-bond donors (Lipinski definition) is 3. The number of morpholine rings is 2. The lowest BCUT2D eigenvalue weighted by Crippen LogP contribution is -2.60. The molecule has 0 aromatic heterocycles. The van der Waals surface area contributed by atoms with Crippen molar-refractivity contribution in [3.05, 3.63) is 71.8 Å². The molecule has 3 aromatic rings. The number of hydrogen-bond acceptors (Lipinski definition) is 8. The topological polar surface area (TPSA) is 126 Å². The molecule has 3 aromatic carbocycles. The zero-order chi connectivity index (χ0) is 30.3. The summed E-state index contributed by atoms with van der Waals surface area (Å²) in [5.74, 6) is -1.01. The molecule has 2 heterocycles. The van der Waals surface area contributed by atoms with Crippen molar-refractivity contribution in [2.45, 2.75) is 39.4 Å². The average molecular weight is 573 g/mol. The molecule has 0 saturated carbocycles. The summed E-state index contributed by atoms with van der Waals surface area (Å²) in [4.78, 5) is 28.0. The third-order valence-electron chi connectivity index (χ3n) is 7.55. The summed E-state index contributed by atoms with van der Waals surface area (Å²) in [5, 5.41) is 31.9. The summed E-state index contributed by atoms with van der Waals surface area (Å²) in [6.45, 7) is 12.0. The first-order valence-corrected chi connectivity index (χ1v) is 14.3. The Kier molecular flexibility index (Phi) is 10.2. The van der Waals surface area contributed by atoms with Crippen molar-refractivity contribution in [3.8, 4) is 11.8 Å². The van der Waals surface area contributed by atoms with E-state index in [0.29, 0.717) is 23.3 Å². The largest absolute Gasteiger partial charge is 0.507 e. The molecule has 0 amide bonds. The third-order valence-corrected chi connectivity index (χ3v) is 7.55. The number of carboxylic acid groups (broad SMARTS) is 1. The number of Topliss-reactive ketones (excluding diaryl/α,β-unsaturated/α-hetero) is 1. The van der Waals surface area contributed by atoms with E-state index in [0.717, 1.165) is 56.8 Å². The van der Waals surface area contributed by atoms with E-state index in [4.69, 9.17) is 15.1 Å². The molecule has 9 heteroatoms. The molecule has 0 aliphatic carbocycles. The summed E-state index contributed by atoms with van der Waals surface area (Å²) >= 11 is 0. The van der Waals surface area contributed by atoms with Gasteiger partial charge in [0.1, 0.15) is 11.3 Å². The van der Waals surface area contributed by atoms with E-state index in [9.17, 15) is 14.7 Å². The van der Waals surface area contributed by atoms with E-state index >= 15 is 0 Å². The molecule has 2 aliphatic rings. The number of nitrogens with zero attached hydrogens (tertiary/aromatic N) is 3. The van der Waals surface area contributed by atoms with E-state index in [1.165, 1.54) is 6.07 Å². The van der Waals surface area contributed by atoms with Gasteiger partial charge in [0, 0.05) is 50.4 Å². The Balaban J connectivity index is 0.000000241. The lowest BCUT2D eigenvalue weighted by Gasteiger charge is -2.46. The molecular formula is C33H40N4O5. The maximum Gasteiger partial charge on any atom is 0.340 e. The summed E-state index contributed by atoms with van der Waals surface area (Å²) in [5.41, 5.74) is 1.42. The summed E-state index contributed by atoms with van der Waals surface area (Å²) < 4.78 is 6.11. The van der Waals surface area contributed by atoms with Crippen molar-refractivity contribution < 1.29 is 24.5 Å². The molecular weight excluding hydrogens is 532 g/mol. The van der Waals surface area contributed by atoms with Crippen molar-refractivity contribution in [1.82, 2.24) is 9.80 Å². The van der Waals surface area contributed by atoms with Crippen molar-refractivity contribution >= 4 is 28.2 Å². The molecule has 2 saturated heterocycles. The number of aromatic carboxylic acids is 1. The predicted octanol–water partition coefficient (Wildman–Crippen LogP) is 4.60. The Morgan fingerprint density at radius 3 is 2.24 bits per heavy atom. The van der Waals surface area contributed by atoms with Gasteiger partial charge < -0.3 is 20.3 Å². The summed E-state index contributed by atoms with van der Waals surface area (Å²) in [6.07, 6.45) is 1.46. The lowest BCUT2D eigenvalue weighted by atomic mass is 9.90. The second-order valence-corrected chi connectivity index (χ2v) is 12.0. The van der Waals surface area contributed by atoms with Crippen LogP contribution in [-0.4, -0.2) is 89.8 Å². The first-order chi connectivity index (χ1) is 20.0. The Hall–Kier alpha value is -3.97. The number of nitriles is 1. The molecule has 0 radical (unpaired) electrons. The number of ketones is 1. The first-order valence-electron chi connectivity index (χ1n) is 14.3. The van der Waals surface area contributed by atoms with Crippen LogP contribution in [0.5, 0.6) is 5.75 Å². The minimum absolute atomic E-state index is 0.0388. The number of fused-ring (bicyclic) bond motifs is 3. The van der Waals surface area contributed by atoms with Crippen LogP contribution in [-0.2, 0) is 9.53 Å². The van der Waals surface area contributed by atoms with Crippen LogP contribution in [0.3, 0.4) is 0 Å². The fraction of sp³-hybridized carbons (Fsp3) is 0.424. The molecule has 2 bridgehead atoms. The SMILES string of the molecule is CC(C)(C)C(=O)CN1CC2CN(CCCNc3ccc(C#N)cc3)CC(C1)O2.O=C(O)c1c(O)ccc2ccccc12. The molecule has 2 atom stereocenters. The van der Waals surface area contributed by atoms with E-state index in [1.807, 2.05) is 51.1 Å². The van der Waals surface area contributed by atoms with Gasteiger partial charge >= 0.3 is 5.97 Å². The van der Waals surface area contributed by atoms with Gasteiger partial charge in [0.05, 0.1) is 30.4 Å². The Morgan fingerprint density at radius 1 is 0.976 bits per heavy atom. The van der Waals surface area contributed by atoms with Crippen LogP contribution < -0.4 is 5.32 Å². The van der Waals surface area contributed by atoms with Crippen LogP contribution >= 0.6 is 0 Å². The van der Waals surface area contributed by atoms with Gasteiger partial charge in [-0.25, -0.2) is 4.79 Å². The zero-order valence-electron chi connectivity index (χ0n) is 24.5. The molecule has 222 valence electrons. The van der Waals surface area contributed by atoms with Crippen LogP contribution in [0.4, 0.5) is 5.69 Å². The highest BCUT2D eigenvalue weighted by molar-refractivity contribution is 6.06. The van der Waals surface area contributed by atoms with Gasteiger partial charge in [-0.2, -0.15) is 5.26 Å². The van der Waals surface area contributed by atoms with E-state index < -0.39 is 5.97 Å². The number of nitrogens with one attached hydrogen (secondary N) is 1. The number of phenols is 1. The lowest BCUT2D eigenvalue weighted by molar-refractivity contribution is -0.147. The molecule has 0 spiro atoms. The van der Waals surface area contributed by atoms with Crippen molar-refractivity contribution in [1.29, 1.82) is 5.26 Å². The van der Waals surface area contributed by atoms with Gasteiger partial charge in [-0.05, 0) is 47.5 Å². The van der Waals surface area contributed by atoms with Crippen molar-refractivity contribution in [2.24, 2.45) is 5.41 Å². The van der Waals surface area contributed by atoms with E-state index in [-0.39, 0.29) is 28.9 Å². The minimum atomic E-state index is -1.11. The second-order valence-electron chi connectivity index (χ2n) is 12.0. The molecule has 5 rings (SSSR count). The molecule has 42 heavy (non-hydrogen) atoms. The van der Waals surface area contributed by atoms with E-state index in [1.54, 1.807) is 24.3 Å². The van der Waals surface area contributed by atoms with Crippen LogP contribution in [0, 0.1) is 16.7 Å². The van der Waals surface area contributed by atoms with Gasteiger partial charge in [0.15, 0.2) is 5.78 Å². The van der Waals surface area contributed by atoms with Crippen molar-refractivity contribution in [3.63, 3.8) is 0 Å². The Labute approximate surface area is 247 Å². The third kappa shape index (κ3) is 8.29. The van der Waals surface area contributed by atoms with E-state index in [2.05, 4.69) is 21.2 Å². The first kappa shape index (κ1) is 31.0. The van der Waals surface area contributed by atoms with Gasteiger partial charge in [0.25, 0.3) is 0 Å². The minimum Gasteiger partial charge on any atom is -0.507 e. The monoisotopic (exact) mass is 572 g/mol. The highest BCUT2D eigenvalue weighted by Gasteiger charge is 2.36. The Morgan fingerprint density at radius 2 is 1.62 bits per heavy atom. The van der Waals surface area contributed by atoms with Gasteiger partial charge in [-0.15, -0.1) is 0 Å². The summed E-state index contributed by atoms with van der Waals surface area (Å²) in [7, 11) is 0. The maximum absolute atomic E-state index is 12.3. The normalized spacial score (nSPS) is 18.9. The highest BCUT2D eigenvalue weighted by Crippen LogP contribution is 2.27. The molecule has 2 aliphatic heterocycles. The number of anilines is 1. The highest BCUT2D eigenvalue weighted by atomic mass is 16.5. The smallest absolute Gasteiger partial charge is 0.340 e. The fourth-order valence-electron chi connectivity index (χ4n) is 5.30. The zero-order valence-corrected chi connectivity index (χ0v) is 24.5. The quantitative estimate of drug-likeness (QED) is 0.332. The number of ether oxygens (including phenoxy) is 1. The number of aromatic hydroxyl groups is 1. The van der Waals surface area contributed by atoms with Gasteiger partial charge in [-0.3, -0.25) is 14.6 Å². The van der Waals surface area contributed by atoms with Gasteiger partial charge in [0.2, 0.25) is 0 Å². The molecule has 2 unspecified atom stereocenters. The van der Waals surface area contributed by atoms with Crippen LogP contribution in [0.2, 0.25) is 0 Å². The number of carbonyl (C=O) groups is 2. The number of carboxylic acids is 1. The molecule has 2 fully saturated rings. The van der Waals surface area contributed by atoms with Gasteiger partial charge in [-0.1, -0.05) is 51.1 Å². The summed E-state index contributed by atoms with van der Waals surface area (Å²) in [6, 6.07) is 19.8. The number of benzene rings is 3. The predicted molar refractivity (Wildman–Crippen MR) is 163 cm³/mol. The second kappa shape index (κ2) is 13.8. The van der Waals surface area contributed by atoms with Crippen LogP contribution in [0.15, 0.2) is 60.7 Å². The van der Waals surface area contributed by atoms with Crippen LogP contribution in [0.25, 0.3) is 10.8 Å². The van der Waals surface area contributed by atoms with Crippen LogP contribution in [0.1, 0.15) is 43.1 Å². The number of rotatable bonds is 8. The standard InChI is InChI=1S/C22H32N4O2.C11H8O3/c1-22(2,3)21(27)16-26-14-19-12-25(13-20(15-26)28-19)10-4-9-24-18-7-5-17(11-23)6-8-18;12-9-6-5-7-3-1-2-4-8(7)10(9)11(13)14/h5-8,19-20,24H,4,9-10,12-16H2,1-3H3;1-6,12H,(H,13,14). The Bertz CT molecular complexity index is 1410.